The molecule has 2 heterocycles. The van der Waals surface area contributed by atoms with E-state index in [4.69, 9.17) is 5.73 Å². The lowest BCUT2D eigenvalue weighted by Gasteiger charge is -2.10. The Morgan fingerprint density at radius 3 is 2.61 bits per heavy atom. The molecular formula is C14H17N3O. The van der Waals surface area contributed by atoms with Crippen molar-refractivity contribution < 1.29 is 4.79 Å². The fraction of sp³-hybridized carbons (Fsp3) is 0.286. The summed E-state index contributed by atoms with van der Waals surface area (Å²) in [5.74, 6) is -0.377. The monoisotopic (exact) mass is 243 g/mol. The van der Waals surface area contributed by atoms with Crippen LogP contribution in [0, 0.1) is 6.92 Å². The molecule has 0 aliphatic rings. The van der Waals surface area contributed by atoms with Gasteiger partial charge in [-0.25, -0.2) is 0 Å². The van der Waals surface area contributed by atoms with E-state index in [2.05, 4.69) is 16.5 Å². The van der Waals surface area contributed by atoms with Crippen LogP contribution >= 0.6 is 0 Å². The molecular weight excluding hydrogens is 226 g/mol. The van der Waals surface area contributed by atoms with Crippen LogP contribution in [-0.4, -0.2) is 15.5 Å². The number of hydrogen-bond acceptors (Lipinski definition) is 2. The number of rotatable bonds is 4. The molecule has 0 aliphatic carbocycles. The first-order chi connectivity index (χ1) is 8.65. The van der Waals surface area contributed by atoms with Gasteiger partial charge in [0.15, 0.2) is 0 Å². The van der Waals surface area contributed by atoms with E-state index in [0.717, 1.165) is 29.9 Å². The Balaban J connectivity index is 2.59. The summed E-state index contributed by atoms with van der Waals surface area (Å²) < 4.78 is 2.13. The van der Waals surface area contributed by atoms with Crippen LogP contribution in [0.1, 0.15) is 29.4 Å². The molecule has 0 atom stereocenters. The van der Waals surface area contributed by atoms with Crippen molar-refractivity contribution in [2.75, 3.05) is 0 Å². The van der Waals surface area contributed by atoms with Gasteiger partial charge in [-0.05, 0) is 31.5 Å². The van der Waals surface area contributed by atoms with Crippen molar-refractivity contribution in [2.45, 2.75) is 26.8 Å². The highest BCUT2D eigenvalue weighted by atomic mass is 16.1. The van der Waals surface area contributed by atoms with Gasteiger partial charge in [0, 0.05) is 35.9 Å². The molecule has 2 N–H and O–H groups in total. The average Bonchev–Trinajstić information content (AvgIpc) is 2.69. The van der Waals surface area contributed by atoms with E-state index < -0.39 is 0 Å². The molecule has 2 aromatic heterocycles. The predicted octanol–water partition coefficient (Wildman–Crippen LogP) is 2.37. The first-order valence-electron chi connectivity index (χ1n) is 6.05. The topological polar surface area (TPSA) is 60.9 Å². The van der Waals surface area contributed by atoms with Gasteiger partial charge in [0.2, 0.25) is 0 Å². The lowest BCUT2D eigenvalue weighted by atomic mass is 10.1. The number of nitrogens with two attached hydrogens (primary N) is 1. The SMILES string of the molecule is CCCn1c(-c2ccncc2)cc(C(N)=O)c1C. The number of primary amides is 1. The van der Waals surface area contributed by atoms with Gasteiger partial charge in [-0.1, -0.05) is 6.92 Å². The maximum absolute atomic E-state index is 11.4. The third kappa shape index (κ3) is 2.14. The predicted molar refractivity (Wildman–Crippen MR) is 71.2 cm³/mol. The van der Waals surface area contributed by atoms with E-state index in [1.807, 2.05) is 25.1 Å². The first-order valence-corrected chi connectivity index (χ1v) is 6.05. The number of nitrogens with zero attached hydrogens (tertiary/aromatic N) is 2. The Morgan fingerprint density at radius 1 is 1.39 bits per heavy atom. The van der Waals surface area contributed by atoms with Crippen LogP contribution in [0.25, 0.3) is 11.3 Å². The number of hydrogen-bond donors (Lipinski definition) is 1. The lowest BCUT2D eigenvalue weighted by molar-refractivity contribution is 0.0999. The van der Waals surface area contributed by atoms with E-state index in [0.29, 0.717) is 5.56 Å². The highest BCUT2D eigenvalue weighted by Gasteiger charge is 2.15. The molecule has 18 heavy (non-hydrogen) atoms. The smallest absolute Gasteiger partial charge is 0.250 e. The first kappa shape index (κ1) is 12.4. The van der Waals surface area contributed by atoms with Crippen molar-refractivity contribution in [1.82, 2.24) is 9.55 Å². The second-order valence-corrected chi connectivity index (χ2v) is 4.28. The summed E-state index contributed by atoms with van der Waals surface area (Å²) in [5.41, 5.74) is 9.00. The minimum absolute atomic E-state index is 0.377. The van der Waals surface area contributed by atoms with Crippen LogP contribution in [0.2, 0.25) is 0 Å². The molecule has 0 saturated heterocycles. The second kappa shape index (κ2) is 5.04. The summed E-state index contributed by atoms with van der Waals surface area (Å²) in [6, 6.07) is 5.74. The van der Waals surface area contributed by atoms with Gasteiger partial charge >= 0.3 is 0 Å². The van der Waals surface area contributed by atoms with E-state index in [1.54, 1.807) is 12.4 Å². The molecule has 2 aromatic rings. The maximum Gasteiger partial charge on any atom is 0.250 e. The number of carbonyl (C=O) groups is 1. The molecule has 4 heteroatoms. The molecule has 0 bridgehead atoms. The highest BCUT2D eigenvalue weighted by Crippen LogP contribution is 2.25. The normalized spacial score (nSPS) is 10.6. The summed E-state index contributed by atoms with van der Waals surface area (Å²) in [7, 11) is 0. The van der Waals surface area contributed by atoms with Crippen LogP contribution < -0.4 is 5.73 Å². The van der Waals surface area contributed by atoms with Gasteiger partial charge in [0.1, 0.15) is 0 Å². The van der Waals surface area contributed by atoms with Crippen molar-refractivity contribution in [3.05, 3.63) is 41.9 Å². The Labute approximate surface area is 106 Å². The Hall–Kier alpha value is -2.10. The second-order valence-electron chi connectivity index (χ2n) is 4.28. The van der Waals surface area contributed by atoms with Gasteiger partial charge in [0.25, 0.3) is 5.91 Å². The Bertz CT molecular complexity index is 558. The summed E-state index contributed by atoms with van der Waals surface area (Å²) in [5, 5.41) is 0. The third-order valence-corrected chi connectivity index (χ3v) is 3.06. The van der Waals surface area contributed by atoms with Crippen molar-refractivity contribution >= 4 is 5.91 Å². The number of pyridine rings is 1. The minimum atomic E-state index is -0.377. The molecule has 0 spiro atoms. The fourth-order valence-corrected chi connectivity index (χ4v) is 2.17. The average molecular weight is 243 g/mol. The van der Waals surface area contributed by atoms with Gasteiger partial charge in [0.05, 0.1) is 5.56 Å². The van der Waals surface area contributed by atoms with Gasteiger partial charge in [-0.15, -0.1) is 0 Å². The van der Waals surface area contributed by atoms with Crippen LogP contribution in [-0.2, 0) is 6.54 Å². The standard InChI is InChI=1S/C14H17N3O/c1-3-8-17-10(2)12(14(15)18)9-13(17)11-4-6-16-7-5-11/h4-7,9H,3,8H2,1-2H3,(H2,15,18). The molecule has 0 saturated carbocycles. The van der Waals surface area contributed by atoms with Crippen LogP contribution in [0.3, 0.4) is 0 Å². The van der Waals surface area contributed by atoms with Crippen LogP contribution in [0.4, 0.5) is 0 Å². The van der Waals surface area contributed by atoms with E-state index in [-0.39, 0.29) is 5.91 Å². The Morgan fingerprint density at radius 2 is 2.06 bits per heavy atom. The molecule has 94 valence electrons. The van der Waals surface area contributed by atoms with Gasteiger partial charge in [-0.3, -0.25) is 9.78 Å². The summed E-state index contributed by atoms with van der Waals surface area (Å²) in [6.45, 7) is 4.91. The largest absolute Gasteiger partial charge is 0.366 e. The van der Waals surface area contributed by atoms with Crippen molar-refractivity contribution in [3.63, 3.8) is 0 Å². The van der Waals surface area contributed by atoms with Crippen molar-refractivity contribution in [1.29, 1.82) is 0 Å². The summed E-state index contributed by atoms with van der Waals surface area (Å²) in [4.78, 5) is 15.4. The minimum Gasteiger partial charge on any atom is -0.366 e. The number of aromatic nitrogens is 2. The summed E-state index contributed by atoms with van der Waals surface area (Å²) >= 11 is 0. The number of carbonyl (C=O) groups excluding carboxylic acids is 1. The van der Waals surface area contributed by atoms with Crippen LogP contribution in [0.15, 0.2) is 30.6 Å². The zero-order valence-electron chi connectivity index (χ0n) is 10.7. The highest BCUT2D eigenvalue weighted by molar-refractivity contribution is 5.95. The van der Waals surface area contributed by atoms with Crippen molar-refractivity contribution in [3.8, 4) is 11.3 Å². The summed E-state index contributed by atoms with van der Waals surface area (Å²) in [6.07, 6.45) is 4.50. The molecule has 0 radical (unpaired) electrons. The van der Waals surface area contributed by atoms with Crippen molar-refractivity contribution in [2.24, 2.45) is 5.73 Å². The molecule has 0 aliphatic heterocycles. The van der Waals surface area contributed by atoms with Crippen LogP contribution in [0.5, 0.6) is 0 Å². The molecule has 0 unspecified atom stereocenters. The zero-order chi connectivity index (χ0) is 13.1. The van der Waals surface area contributed by atoms with E-state index in [1.165, 1.54) is 0 Å². The Kier molecular flexibility index (Phi) is 3.46. The fourth-order valence-electron chi connectivity index (χ4n) is 2.17. The lowest BCUT2D eigenvalue weighted by Crippen LogP contribution is -2.12. The van der Waals surface area contributed by atoms with E-state index in [9.17, 15) is 4.79 Å². The molecule has 0 aromatic carbocycles. The van der Waals surface area contributed by atoms with E-state index >= 15 is 0 Å². The van der Waals surface area contributed by atoms with Gasteiger partial charge < -0.3 is 10.3 Å². The maximum atomic E-state index is 11.4. The molecule has 0 fully saturated rings. The molecule has 2 rings (SSSR count). The third-order valence-electron chi connectivity index (χ3n) is 3.06. The molecule has 1 amide bonds. The van der Waals surface area contributed by atoms with Gasteiger partial charge in [-0.2, -0.15) is 0 Å². The molecule has 4 nitrogen and oxygen atoms in total. The quantitative estimate of drug-likeness (QED) is 0.896. The zero-order valence-corrected chi connectivity index (χ0v) is 10.7. The number of amides is 1.